The van der Waals surface area contributed by atoms with Crippen LogP contribution in [-0.2, 0) is 9.59 Å². The summed E-state index contributed by atoms with van der Waals surface area (Å²) in [5.41, 5.74) is 0.992. The molecule has 3 aliphatic rings. The Morgan fingerprint density at radius 2 is 1.57 bits per heavy atom. The summed E-state index contributed by atoms with van der Waals surface area (Å²) in [6, 6.07) is 5.25. The van der Waals surface area contributed by atoms with E-state index in [0.29, 0.717) is 58.9 Å². The van der Waals surface area contributed by atoms with Gasteiger partial charge in [0.25, 0.3) is 0 Å². The number of ether oxygens (including phenoxy) is 1. The Kier molecular flexibility index (Phi) is 4.27. The van der Waals surface area contributed by atoms with E-state index in [0.717, 1.165) is 0 Å². The van der Waals surface area contributed by atoms with Gasteiger partial charge in [-0.05, 0) is 29.0 Å². The van der Waals surface area contributed by atoms with Gasteiger partial charge in [0, 0.05) is 47.4 Å². The van der Waals surface area contributed by atoms with Crippen LogP contribution in [0.2, 0.25) is 5.02 Å². The Morgan fingerprint density at radius 1 is 0.964 bits per heavy atom. The van der Waals surface area contributed by atoms with Crippen molar-refractivity contribution in [3.8, 4) is 5.75 Å². The Morgan fingerprint density at radius 3 is 2.21 bits per heavy atom. The molecule has 4 nitrogen and oxygen atoms in total. The monoisotopic (exact) mass is 400 g/mol. The smallest absolute Gasteiger partial charge is 0.163 e. The van der Waals surface area contributed by atoms with Gasteiger partial charge in [-0.2, -0.15) is 0 Å². The molecule has 1 heterocycles. The first kappa shape index (κ1) is 19.3. The predicted octanol–water partition coefficient (Wildman–Crippen LogP) is 5.66. The predicted molar refractivity (Wildman–Crippen MR) is 108 cm³/mol. The highest BCUT2D eigenvalue weighted by Crippen LogP contribution is 2.53. The second-order valence-corrected chi connectivity index (χ2v) is 10.2. The van der Waals surface area contributed by atoms with Gasteiger partial charge in [0.15, 0.2) is 11.6 Å². The molecule has 148 valence electrons. The van der Waals surface area contributed by atoms with Gasteiger partial charge in [-0.25, -0.2) is 0 Å². The molecule has 0 spiro atoms. The molecule has 1 aromatic carbocycles. The van der Waals surface area contributed by atoms with Crippen molar-refractivity contribution < 1.29 is 19.4 Å². The molecular weight excluding hydrogens is 376 g/mol. The van der Waals surface area contributed by atoms with E-state index in [1.165, 1.54) is 0 Å². The average molecular weight is 401 g/mol. The number of allylic oxidation sites excluding steroid dienone is 4. The lowest BCUT2D eigenvalue weighted by Gasteiger charge is -2.40. The number of hydrogen-bond acceptors (Lipinski definition) is 4. The maximum atomic E-state index is 13.1. The second-order valence-electron chi connectivity index (χ2n) is 9.80. The Balaban J connectivity index is 1.95. The third-order valence-electron chi connectivity index (χ3n) is 5.87. The van der Waals surface area contributed by atoms with Crippen molar-refractivity contribution in [1.29, 1.82) is 0 Å². The first-order chi connectivity index (χ1) is 13.0. The van der Waals surface area contributed by atoms with Crippen LogP contribution < -0.4 is 4.74 Å². The highest BCUT2D eigenvalue weighted by Gasteiger charge is 2.46. The fourth-order valence-electron chi connectivity index (χ4n) is 4.75. The zero-order valence-electron chi connectivity index (χ0n) is 16.7. The summed E-state index contributed by atoms with van der Waals surface area (Å²) >= 11 is 6.24. The molecule has 5 heteroatoms. The summed E-state index contributed by atoms with van der Waals surface area (Å²) in [5.74, 6) is 0.514. The summed E-state index contributed by atoms with van der Waals surface area (Å²) in [6.45, 7) is 8.00. The van der Waals surface area contributed by atoms with Crippen LogP contribution in [0, 0.1) is 10.8 Å². The van der Waals surface area contributed by atoms with Gasteiger partial charge < -0.3 is 9.84 Å². The number of carbonyl (C=O) groups is 2. The van der Waals surface area contributed by atoms with Gasteiger partial charge in [0.05, 0.1) is 5.92 Å². The molecule has 0 saturated heterocycles. The standard InChI is InChI=1S/C23H25ClO4/c1-22(2)8-14(25)20(15(26)9-22)19-13-7-12(24)5-6-17(13)28-18-11-23(3,4)10-16(27)21(18)19/h5-7,19,25H,8-11H2,1-4H3. The molecule has 0 aromatic heterocycles. The number of ketones is 2. The number of benzene rings is 1. The van der Waals surface area contributed by atoms with E-state index < -0.39 is 5.92 Å². The molecule has 4 rings (SSSR count). The number of fused-ring (bicyclic) bond motifs is 1. The van der Waals surface area contributed by atoms with Crippen LogP contribution >= 0.6 is 11.6 Å². The molecule has 0 bridgehead atoms. The van der Waals surface area contributed by atoms with Crippen LogP contribution in [0.5, 0.6) is 5.75 Å². The van der Waals surface area contributed by atoms with Crippen LogP contribution in [0.25, 0.3) is 0 Å². The first-order valence-electron chi connectivity index (χ1n) is 9.66. The van der Waals surface area contributed by atoms with E-state index >= 15 is 0 Å². The van der Waals surface area contributed by atoms with Crippen LogP contribution in [0.1, 0.15) is 64.9 Å². The normalized spacial score (nSPS) is 26.0. The van der Waals surface area contributed by atoms with Crippen molar-refractivity contribution in [2.75, 3.05) is 0 Å². The van der Waals surface area contributed by atoms with Crippen molar-refractivity contribution in [2.24, 2.45) is 10.8 Å². The van der Waals surface area contributed by atoms with E-state index in [-0.39, 0.29) is 28.2 Å². The maximum Gasteiger partial charge on any atom is 0.163 e. The summed E-state index contributed by atoms with van der Waals surface area (Å²) in [5, 5.41) is 11.4. The molecule has 0 radical (unpaired) electrons. The highest BCUT2D eigenvalue weighted by molar-refractivity contribution is 6.30. The number of rotatable bonds is 1. The number of halogens is 1. The van der Waals surface area contributed by atoms with Crippen LogP contribution in [0.15, 0.2) is 40.9 Å². The minimum absolute atomic E-state index is 0.0280. The van der Waals surface area contributed by atoms with E-state index in [9.17, 15) is 14.7 Å². The number of aliphatic hydroxyl groups is 1. The average Bonchev–Trinajstić information content (AvgIpc) is 2.51. The zero-order chi connectivity index (χ0) is 20.4. The highest BCUT2D eigenvalue weighted by atomic mass is 35.5. The number of hydrogen-bond donors (Lipinski definition) is 1. The third kappa shape index (κ3) is 3.18. The molecule has 1 N–H and O–H groups in total. The number of carbonyl (C=O) groups excluding carboxylic acids is 2. The van der Waals surface area contributed by atoms with Crippen molar-refractivity contribution in [3.05, 3.63) is 51.4 Å². The molecule has 1 aromatic rings. The van der Waals surface area contributed by atoms with Gasteiger partial charge >= 0.3 is 0 Å². The van der Waals surface area contributed by atoms with Gasteiger partial charge in [-0.1, -0.05) is 39.3 Å². The number of Topliss-reactive ketones (excluding diaryl/α,β-unsaturated/α-hetero) is 2. The topological polar surface area (TPSA) is 63.6 Å². The molecule has 0 saturated carbocycles. The van der Waals surface area contributed by atoms with E-state index in [1.807, 2.05) is 27.7 Å². The molecule has 28 heavy (non-hydrogen) atoms. The largest absolute Gasteiger partial charge is 0.512 e. The number of aliphatic hydroxyl groups excluding tert-OH is 1. The van der Waals surface area contributed by atoms with Crippen molar-refractivity contribution in [2.45, 2.75) is 59.3 Å². The molecular formula is C23H25ClO4. The lowest BCUT2D eigenvalue weighted by atomic mass is 9.66. The van der Waals surface area contributed by atoms with Crippen molar-refractivity contribution in [1.82, 2.24) is 0 Å². The van der Waals surface area contributed by atoms with Crippen LogP contribution in [0.3, 0.4) is 0 Å². The zero-order valence-corrected chi connectivity index (χ0v) is 17.4. The SMILES string of the molecule is CC1(C)CC(=O)C(C2C3=C(CC(C)(C)CC3=O)Oc3ccc(Cl)cc32)=C(O)C1. The van der Waals surface area contributed by atoms with Crippen LogP contribution in [0.4, 0.5) is 0 Å². The quantitative estimate of drug-likeness (QED) is 0.660. The molecule has 1 unspecified atom stereocenters. The molecule has 1 atom stereocenters. The van der Waals surface area contributed by atoms with Crippen LogP contribution in [-0.4, -0.2) is 16.7 Å². The lowest BCUT2D eigenvalue weighted by Crippen LogP contribution is -2.36. The van der Waals surface area contributed by atoms with Crippen molar-refractivity contribution >= 4 is 23.2 Å². The third-order valence-corrected chi connectivity index (χ3v) is 6.10. The summed E-state index contributed by atoms with van der Waals surface area (Å²) in [7, 11) is 0. The van der Waals surface area contributed by atoms with E-state index in [4.69, 9.17) is 16.3 Å². The summed E-state index contributed by atoms with van der Waals surface area (Å²) in [6.07, 6.45) is 1.74. The summed E-state index contributed by atoms with van der Waals surface area (Å²) < 4.78 is 6.11. The van der Waals surface area contributed by atoms with E-state index in [2.05, 4.69) is 0 Å². The molecule has 0 amide bonds. The Labute approximate surface area is 170 Å². The minimum atomic E-state index is -0.621. The Bertz CT molecular complexity index is 965. The molecule has 2 aliphatic carbocycles. The van der Waals surface area contributed by atoms with Gasteiger partial charge in [-0.3, -0.25) is 9.59 Å². The lowest BCUT2D eigenvalue weighted by molar-refractivity contribution is -0.119. The summed E-state index contributed by atoms with van der Waals surface area (Å²) in [4.78, 5) is 26.2. The second kappa shape index (κ2) is 6.21. The molecule has 1 aliphatic heterocycles. The molecule has 0 fully saturated rings. The first-order valence-corrected chi connectivity index (χ1v) is 10.0. The van der Waals surface area contributed by atoms with Gasteiger partial charge in [0.1, 0.15) is 17.3 Å². The van der Waals surface area contributed by atoms with Gasteiger partial charge in [-0.15, -0.1) is 0 Å². The van der Waals surface area contributed by atoms with E-state index in [1.54, 1.807) is 18.2 Å². The maximum absolute atomic E-state index is 13.1. The van der Waals surface area contributed by atoms with Gasteiger partial charge in [0.2, 0.25) is 0 Å². The fraction of sp³-hybridized carbons (Fsp3) is 0.478. The Hall–Kier alpha value is -2.07. The fourth-order valence-corrected chi connectivity index (χ4v) is 4.93. The minimum Gasteiger partial charge on any atom is -0.512 e. The van der Waals surface area contributed by atoms with Crippen molar-refractivity contribution in [3.63, 3.8) is 0 Å².